The van der Waals surface area contributed by atoms with Gasteiger partial charge in [0.1, 0.15) is 78.7 Å². The van der Waals surface area contributed by atoms with E-state index in [1.165, 1.54) is 13.8 Å². The Kier molecular flexibility index (Phi) is 15.4. The summed E-state index contributed by atoms with van der Waals surface area (Å²) in [4.78, 5) is 40.5. The van der Waals surface area contributed by atoms with Crippen LogP contribution in [0.5, 0.6) is 0 Å². The van der Waals surface area contributed by atoms with Gasteiger partial charge in [0, 0.05) is 6.92 Å². The van der Waals surface area contributed by atoms with Crippen LogP contribution in [0.3, 0.4) is 0 Å². The maximum atomic E-state index is 15.0. The maximum absolute atomic E-state index is 15.0. The Balaban J connectivity index is 0.982. The molecule has 71 heavy (non-hydrogen) atoms. The van der Waals surface area contributed by atoms with Crippen LogP contribution >= 0.6 is 0 Å². The highest BCUT2D eigenvalue weighted by molar-refractivity contribution is 5.79. The van der Waals surface area contributed by atoms with Gasteiger partial charge in [-0.1, -0.05) is 27.4 Å². The van der Waals surface area contributed by atoms with Crippen LogP contribution in [0.15, 0.2) is 12.2 Å². The van der Waals surface area contributed by atoms with E-state index < -0.39 is 146 Å². The van der Waals surface area contributed by atoms with Crippen LogP contribution in [0.25, 0.3) is 0 Å². The number of hydrogen-bond acceptors (Lipinski definition) is 20. The molecule has 0 spiro atoms. The minimum Gasteiger partial charge on any atom is -0.481 e. The second-order valence-electron chi connectivity index (χ2n) is 23.3. The Morgan fingerprint density at radius 2 is 1.30 bits per heavy atom. The molecule has 3 heterocycles. The van der Waals surface area contributed by atoms with Gasteiger partial charge in [0.15, 0.2) is 12.6 Å². The molecule has 21 nitrogen and oxygen atoms in total. The Morgan fingerprint density at radius 1 is 0.648 bits per heavy atom. The van der Waals surface area contributed by atoms with Crippen molar-refractivity contribution in [2.45, 2.75) is 204 Å². The molecule has 21 heteroatoms. The highest BCUT2D eigenvalue weighted by Crippen LogP contribution is 2.78. The maximum Gasteiger partial charge on any atom is 0.314 e. The van der Waals surface area contributed by atoms with Crippen LogP contribution in [0.1, 0.15) is 106 Å². The molecule has 8 aliphatic rings. The van der Waals surface area contributed by atoms with Gasteiger partial charge >= 0.3 is 17.9 Å². The highest BCUT2D eigenvalue weighted by Gasteiger charge is 2.74. The number of carbonyl (C=O) groups is 3. The predicted molar refractivity (Wildman–Crippen MR) is 242 cm³/mol. The lowest BCUT2D eigenvalue weighted by Gasteiger charge is -2.72. The number of hydrogen-bond donors (Lipinski definition) is 11. The topological polar surface area (TPSA) is 338 Å². The number of esters is 2. The lowest BCUT2D eigenvalue weighted by molar-refractivity contribution is -0.361. The molecule has 11 N–H and O–H groups in total. The van der Waals surface area contributed by atoms with E-state index in [4.69, 9.17) is 33.2 Å². The number of ether oxygens (including phenoxy) is 7. The molecule has 26 atom stereocenters. The summed E-state index contributed by atoms with van der Waals surface area (Å²) in [5.41, 5.74) is -2.88. The zero-order valence-electron chi connectivity index (χ0n) is 41.5. The van der Waals surface area contributed by atoms with Crippen molar-refractivity contribution in [3.05, 3.63) is 12.2 Å². The second kappa shape index (κ2) is 19.9. The summed E-state index contributed by atoms with van der Waals surface area (Å²) in [6, 6.07) is 0. The molecule has 8 fully saturated rings. The molecule has 5 saturated carbocycles. The Labute approximate surface area is 413 Å². The Hall–Kier alpha value is -2.45. The highest BCUT2D eigenvalue weighted by atomic mass is 16.8. The van der Waals surface area contributed by atoms with Crippen LogP contribution in [0, 0.1) is 56.7 Å². The van der Waals surface area contributed by atoms with Crippen LogP contribution in [0.4, 0.5) is 0 Å². The van der Waals surface area contributed by atoms with Gasteiger partial charge < -0.3 is 89.3 Å². The first-order valence-corrected chi connectivity index (χ1v) is 25.5. The van der Waals surface area contributed by atoms with Crippen molar-refractivity contribution in [2.24, 2.45) is 56.7 Å². The molecule has 5 aliphatic carbocycles. The molecule has 8 rings (SSSR count). The fourth-order valence-corrected chi connectivity index (χ4v) is 16.1. The minimum atomic E-state index is -1.91. The molecule has 0 radical (unpaired) electrons. The number of aliphatic hydroxyl groups excluding tert-OH is 10. The summed E-state index contributed by atoms with van der Waals surface area (Å²) in [6.07, 6.45) is -19.8. The SMILES string of the molecule is C=C(CO)[C@@H]1CC[C@]2(C(=O)O[C@@H]3O[C@H](CO[C@@H]4O[C@H](CO)[C@@H](O[C@@H]5O[C@@H](C)[C@H](O)[C@@H](O)[C@H]5O)[C@H](O)[C@H]4O)[C@@H](O)[C@H](O)[C@H]3O)CC[C@]3(C)[C@H](CC[C@@H]4[C@@]5(C)CC[C@@H](OC(C)=O)[C@@](C)(C(=O)O)[C@@H]5CC[C@]43C)[C@@H]12. The van der Waals surface area contributed by atoms with Gasteiger partial charge in [-0.05, 0) is 129 Å². The van der Waals surface area contributed by atoms with E-state index in [-0.39, 0.29) is 47.0 Å². The molecule has 0 amide bonds. The first-order chi connectivity index (χ1) is 33.3. The van der Waals surface area contributed by atoms with E-state index in [0.29, 0.717) is 63.4 Å². The smallest absolute Gasteiger partial charge is 0.314 e. The molecule has 3 aliphatic heterocycles. The number of aliphatic carboxylic acids is 1. The minimum absolute atomic E-state index is 0.0664. The number of aliphatic hydroxyl groups is 10. The molecule has 0 aromatic carbocycles. The number of carboxylic acid groups (broad SMARTS) is 1. The predicted octanol–water partition coefficient (Wildman–Crippen LogP) is -0.368. The van der Waals surface area contributed by atoms with Crippen LogP contribution < -0.4 is 0 Å². The molecule has 0 bridgehead atoms. The fourth-order valence-electron chi connectivity index (χ4n) is 16.1. The quantitative estimate of drug-likeness (QED) is 0.0878. The van der Waals surface area contributed by atoms with E-state index in [0.717, 1.165) is 6.42 Å². The van der Waals surface area contributed by atoms with Gasteiger partial charge in [-0.25, -0.2) is 0 Å². The molecule has 404 valence electrons. The molecule has 0 aromatic rings. The van der Waals surface area contributed by atoms with Gasteiger partial charge in [0.2, 0.25) is 6.29 Å². The van der Waals surface area contributed by atoms with Crippen LogP contribution in [-0.4, -0.2) is 192 Å². The second-order valence-corrected chi connectivity index (χ2v) is 23.3. The van der Waals surface area contributed by atoms with Crippen molar-refractivity contribution in [1.82, 2.24) is 0 Å². The summed E-state index contributed by atoms with van der Waals surface area (Å²) in [6.45, 7) is 13.8. The third kappa shape index (κ3) is 8.62. The summed E-state index contributed by atoms with van der Waals surface area (Å²) in [5.74, 6) is -2.99. The number of carbonyl (C=O) groups excluding carboxylic acids is 2. The normalized spacial score (nSPS) is 52.8. The zero-order chi connectivity index (χ0) is 52.1. The van der Waals surface area contributed by atoms with Crippen LogP contribution in [0.2, 0.25) is 0 Å². The Morgan fingerprint density at radius 3 is 1.94 bits per heavy atom. The average Bonchev–Trinajstić information content (AvgIpc) is 3.73. The van der Waals surface area contributed by atoms with Crippen LogP contribution in [-0.2, 0) is 47.5 Å². The van der Waals surface area contributed by atoms with Crippen molar-refractivity contribution in [1.29, 1.82) is 0 Å². The zero-order valence-corrected chi connectivity index (χ0v) is 41.5. The third-order valence-corrected chi connectivity index (χ3v) is 20.2. The lowest BCUT2D eigenvalue weighted by atomic mass is 9.32. The summed E-state index contributed by atoms with van der Waals surface area (Å²) >= 11 is 0. The first-order valence-electron chi connectivity index (χ1n) is 25.5. The fraction of sp³-hybridized carbons (Fsp3) is 0.900. The van der Waals surface area contributed by atoms with E-state index in [1.54, 1.807) is 6.92 Å². The average molecular weight is 1020 g/mol. The first kappa shape index (κ1) is 54.8. The molecular formula is C50H78O21. The summed E-state index contributed by atoms with van der Waals surface area (Å²) in [5, 5.41) is 118. The lowest BCUT2D eigenvalue weighted by Crippen LogP contribution is -2.68. The number of carboxylic acids is 1. The van der Waals surface area contributed by atoms with Gasteiger partial charge in [-0.3, -0.25) is 14.4 Å². The van der Waals surface area contributed by atoms with Crippen molar-refractivity contribution >= 4 is 17.9 Å². The van der Waals surface area contributed by atoms with E-state index >= 15 is 4.79 Å². The van der Waals surface area contributed by atoms with Gasteiger partial charge in [0.05, 0.1) is 31.3 Å². The number of rotatable bonds is 12. The van der Waals surface area contributed by atoms with Crippen molar-refractivity contribution in [3.8, 4) is 0 Å². The molecule has 3 saturated heterocycles. The molecular weight excluding hydrogens is 937 g/mol. The third-order valence-electron chi connectivity index (χ3n) is 20.2. The van der Waals surface area contributed by atoms with Gasteiger partial charge in [-0.2, -0.15) is 0 Å². The standard InChI is InChI=1S/C50H78O21/c1-21(18-51)24-10-15-50(17-16-47(5)25(31(24)50)8-9-28-46(4)13-12-30(67-23(3)53)49(7,44(62)63)29(46)11-14-48(28,47)6)45(64)71-43-38(60)35(57)33(55)27(69-43)20-65-41-39(61)36(58)40(26(19-52)68-41)70-42-37(59)34(56)32(54)22(2)66-42/h22,24-43,51-52,54-61H,1,8-20H2,2-7H3,(H,62,63)/t22-,24-,25+,26+,27+,28+,29+,30+,31+,32-,33+,34+,35-,36+,37+,38+,39+,40+,41+,42-,43-,46+,47+,48+,49-,50-/m0/s1. The van der Waals surface area contributed by atoms with Crippen molar-refractivity contribution in [2.75, 3.05) is 19.8 Å². The largest absolute Gasteiger partial charge is 0.481 e. The van der Waals surface area contributed by atoms with Crippen molar-refractivity contribution < 1.29 is 104 Å². The van der Waals surface area contributed by atoms with E-state index in [9.17, 15) is 65.8 Å². The number of fused-ring (bicyclic) bond motifs is 7. The molecule has 0 unspecified atom stereocenters. The van der Waals surface area contributed by atoms with Gasteiger partial charge in [0.25, 0.3) is 0 Å². The van der Waals surface area contributed by atoms with E-state index in [2.05, 4.69) is 27.4 Å². The van der Waals surface area contributed by atoms with Crippen molar-refractivity contribution in [3.63, 3.8) is 0 Å². The molecule has 0 aromatic heterocycles. The van der Waals surface area contributed by atoms with E-state index in [1.807, 2.05) is 0 Å². The summed E-state index contributed by atoms with van der Waals surface area (Å²) < 4.78 is 40.3. The van der Waals surface area contributed by atoms with Gasteiger partial charge in [-0.15, -0.1) is 0 Å². The Bertz CT molecular complexity index is 1990. The monoisotopic (exact) mass is 1010 g/mol. The summed E-state index contributed by atoms with van der Waals surface area (Å²) in [7, 11) is 0.